The van der Waals surface area contributed by atoms with Gasteiger partial charge in [0.1, 0.15) is 5.60 Å². The molecule has 0 unspecified atom stereocenters. The second-order valence-electron chi connectivity index (χ2n) is 5.44. The zero-order valence-corrected chi connectivity index (χ0v) is 12.0. The fourth-order valence-corrected chi connectivity index (χ4v) is 2.25. The third-order valence-electron chi connectivity index (χ3n) is 2.73. The molecule has 0 aliphatic carbocycles. The number of amides is 1. The molecule has 102 valence electrons. The number of carbonyl (C=O) groups is 2. The van der Waals surface area contributed by atoms with Crippen LogP contribution in [0, 0.1) is 0 Å². The van der Waals surface area contributed by atoms with Crippen molar-refractivity contribution in [2.75, 3.05) is 11.4 Å². The van der Waals surface area contributed by atoms with Gasteiger partial charge in [-0.25, -0.2) is 4.79 Å². The minimum atomic E-state index is -0.583. The number of carbonyl (C=O) groups excluding carboxylic acids is 2. The molecule has 1 heterocycles. The van der Waals surface area contributed by atoms with E-state index in [9.17, 15) is 9.59 Å². The molecule has 1 aromatic carbocycles. The average Bonchev–Trinajstić information content (AvgIpc) is 2.28. The molecule has 0 N–H and O–H groups in total. The van der Waals surface area contributed by atoms with Gasteiger partial charge in [-0.2, -0.15) is 0 Å². The van der Waals surface area contributed by atoms with Crippen LogP contribution in [-0.4, -0.2) is 24.0 Å². The number of rotatable bonds is 0. The van der Waals surface area contributed by atoms with E-state index in [1.54, 1.807) is 39.0 Å². The molecule has 1 amide bonds. The number of hydrogen-bond acceptors (Lipinski definition) is 3. The van der Waals surface area contributed by atoms with Gasteiger partial charge in [0.25, 0.3) is 0 Å². The maximum atomic E-state index is 12.2. The Hall–Kier alpha value is -1.55. The molecule has 1 aliphatic rings. The first-order valence-corrected chi connectivity index (χ1v) is 6.49. The van der Waals surface area contributed by atoms with Crippen molar-refractivity contribution in [2.24, 2.45) is 0 Å². The first-order chi connectivity index (χ1) is 8.79. The largest absolute Gasteiger partial charge is 0.443 e. The second kappa shape index (κ2) is 4.85. The van der Waals surface area contributed by atoms with Crippen LogP contribution in [0.1, 0.15) is 37.6 Å². The van der Waals surface area contributed by atoms with Crippen molar-refractivity contribution in [3.63, 3.8) is 0 Å². The molecule has 1 aliphatic heterocycles. The number of nitrogens with zero attached hydrogens (tertiary/aromatic N) is 1. The number of para-hydroxylation sites is 1. The van der Waals surface area contributed by atoms with Crippen LogP contribution in [0.5, 0.6) is 0 Å². The van der Waals surface area contributed by atoms with E-state index in [2.05, 4.69) is 0 Å². The number of hydrogen-bond donors (Lipinski definition) is 0. The van der Waals surface area contributed by atoms with Crippen LogP contribution in [-0.2, 0) is 4.74 Å². The highest BCUT2D eigenvalue weighted by molar-refractivity contribution is 6.35. The summed E-state index contributed by atoms with van der Waals surface area (Å²) < 4.78 is 5.34. The number of benzene rings is 1. The van der Waals surface area contributed by atoms with E-state index in [0.29, 0.717) is 22.8 Å². The maximum Gasteiger partial charge on any atom is 0.414 e. The first-order valence-electron chi connectivity index (χ1n) is 6.12. The van der Waals surface area contributed by atoms with Crippen LogP contribution in [0.25, 0.3) is 0 Å². The standard InChI is InChI=1S/C14H16ClNO3/c1-14(2,3)19-13(18)16-8-7-11(17)9-5-4-6-10(15)12(9)16/h4-6H,7-8H2,1-3H3. The molecule has 0 fully saturated rings. The number of ether oxygens (including phenoxy) is 1. The summed E-state index contributed by atoms with van der Waals surface area (Å²) in [6, 6.07) is 5.05. The molecule has 0 saturated carbocycles. The number of halogens is 1. The molecule has 2 rings (SSSR count). The lowest BCUT2D eigenvalue weighted by Gasteiger charge is -2.31. The van der Waals surface area contributed by atoms with Gasteiger partial charge in [0.15, 0.2) is 5.78 Å². The molecule has 4 nitrogen and oxygen atoms in total. The van der Waals surface area contributed by atoms with Gasteiger partial charge in [-0.15, -0.1) is 0 Å². The lowest BCUT2D eigenvalue weighted by molar-refractivity contribution is 0.0577. The van der Waals surface area contributed by atoms with E-state index in [1.807, 2.05) is 0 Å². The molecule has 0 atom stereocenters. The Morgan fingerprint density at radius 3 is 2.68 bits per heavy atom. The van der Waals surface area contributed by atoms with Crippen molar-refractivity contribution in [2.45, 2.75) is 32.8 Å². The van der Waals surface area contributed by atoms with Crippen molar-refractivity contribution in [1.29, 1.82) is 0 Å². The third kappa shape index (κ3) is 2.89. The Morgan fingerprint density at radius 1 is 1.37 bits per heavy atom. The Kier molecular flexibility index (Phi) is 3.54. The summed E-state index contributed by atoms with van der Waals surface area (Å²) in [4.78, 5) is 25.5. The van der Waals surface area contributed by atoms with E-state index in [-0.39, 0.29) is 12.2 Å². The minimum absolute atomic E-state index is 0.00249. The van der Waals surface area contributed by atoms with E-state index >= 15 is 0 Å². The van der Waals surface area contributed by atoms with Crippen molar-refractivity contribution < 1.29 is 14.3 Å². The van der Waals surface area contributed by atoms with Gasteiger partial charge in [-0.1, -0.05) is 17.7 Å². The molecule has 0 aromatic heterocycles. The van der Waals surface area contributed by atoms with Crippen molar-refractivity contribution in [1.82, 2.24) is 0 Å². The lowest BCUT2D eigenvalue weighted by atomic mass is 10.0. The number of anilines is 1. The highest BCUT2D eigenvalue weighted by Gasteiger charge is 2.32. The molecular formula is C14H16ClNO3. The average molecular weight is 282 g/mol. The Labute approximate surface area is 117 Å². The Balaban J connectivity index is 2.38. The fraction of sp³-hybridized carbons (Fsp3) is 0.429. The molecule has 0 radical (unpaired) electrons. The van der Waals surface area contributed by atoms with Crippen LogP contribution < -0.4 is 4.90 Å². The Morgan fingerprint density at radius 2 is 2.05 bits per heavy atom. The summed E-state index contributed by atoms with van der Waals surface area (Å²) in [6.07, 6.45) is -0.193. The van der Waals surface area contributed by atoms with Gasteiger partial charge in [-0.05, 0) is 32.9 Å². The monoisotopic (exact) mass is 281 g/mol. The summed E-state index contributed by atoms with van der Waals surface area (Å²) in [5.74, 6) is -0.00249. The third-order valence-corrected chi connectivity index (χ3v) is 3.04. The summed E-state index contributed by atoms with van der Waals surface area (Å²) in [7, 11) is 0. The van der Waals surface area contributed by atoms with Gasteiger partial charge >= 0.3 is 6.09 Å². The zero-order chi connectivity index (χ0) is 14.2. The summed E-state index contributed by atoms with van der Waals surface area (Å²) in [6.45, 7) is 5.69. The van der Waals surface area contributed by atoms with Crippen molar-refractivity contribution >= 4 is 29.2 Å². The van der Waals surface area contributed by atoms with Gasteiger partial charge in [0.05, 0.1) is 10.7 Å². The van der Waals surface area contributed by atoms with E-state index in [0.717, 1.165) is 0 Å². The van der Waals surface area contributed by atoms with Crippen molar-refractivity contribution in [3.05, 3.63) is 28.8 Å². The minimum Gasteiger partial charge on any atom is -0.443 e. The normalized spacial score (nSPS) is 15.2. The van der Waals surface area contributed by atoms with Gasteiger partial charge < -0.3 is 4.74 Å². The van der Waals surface area contributed by atoms with Crippen LogP contribution in [0.3, 0.4) is 0 Å². The smallest absolute Gasteiger partial charge is 0.414 e. The number of ketones is 1. The quantitative estimate of drug-likeness (QED) is 0.729. The maximum absolute atomic E-state index is 12.2. The lowest BCUT2D eigenvalue weighted by Crippen LogP contribution is -2.41. The van der Waals surface area contributed by atoms with Crippen LogP contribution in [0.2, 0.25) is 5.02 Å². The molecule has 0 bridgehead atoms. The van der Waals surface area contributed by atoms with E-state index < -0.39 is 11.7 Å². The molecule has 0 saturated heterocycles. The zero-order valence-electron chi connectivity index (χ0n) is 11.2. The number of fused-ring (bicyclic) bond motifs is 1. The molecule has 19 heavy (non-hydrogen) atoms. The van der Waals surface area contributed by atoms with Crippen LogP contribution in [0.4, 0.5) is 10.5 Å². The molecule has 1 aromatic rings. The summed E-state index contributed by atoms with van der Waals surface area (Å²) >= 11 is 6.12. The highest BCUT2D eigenvalue weighted by atomic mass is 35.5. The summed E-state index contributed by atoms with van der Waals surface area (Å²) in [5.41, 5.74) is 0.347. The van der Waals surface area contributed by atoms with Gasteiger partial charge in [0, 0.05) is 18.5 Å². The highest BCUT2D eigenvalue weighted by Crippen LogP contribution is 2.34. The SMILES string of the molecule is CC(C)(C)OC(=O)N1CCC(=O)c2cccc(Cl)c21. The van der Waals surface area contributed by atoms with E-state index in [4.69, 9.17) is 16.3 Å². The number of Topliss-reactive ketones (excluding diaryl/α,β-unsaturated/α-hetero) is 1. The Bertz CT molecular complexity index is 534. The van der Waals surface area contributed by atoms with Crippen LogP contribution >= 0.6 is 11.6 Å². The predicted molar refractivity (Wildman–Crippen MR) is 74.0 cm³/mol. The molecule has 5 heteroatoms. The van der Waals surface area contributed by atoms with Crippen LogP contribution in [0.15, 0.2) is 18.2 Å². The second-order valence-corrected chi connectivity index (χ2v) is 5.85. The molecule has 0 spiro atoms. The van der Waals surface area contributed by atoms with Crippen molar-refractivity contribution in [3.8, 4) is 0 Å². The van der Waals surface area contributed by atoms with Gasteiger partial charge in [0.2, 0.25) is 0 Å². The first kappa shape index (κ1) is 13.9. The van der Waals surface area contributed by atoms with E-state index in [1.165, 1.54) is 4.90 Å². The predicted octanol–water partition coefficient (Wildman–Crippen LogP) is 3.67. The topological polar surface area (TPSA) is 46.6 Å². The fourth-order valence-electron chi connectivity index (χ4n) is 1.97. The summed E-state index contributed by atoms with van der Waals surface area (Å²) in [5, 5.41) is 0.386. The molecular weight excluding hydrogens is 266 g/mol. The van der Waals surface area contributed by atoms with Gasteiger partial charge in [-0.3, -0.25) is 9.69 Å².